The van der Waals surface area contributed by atoms with Crippen LogP contribution in [-0.2, 0) is 4.79 Å². The molecule has 0 spiro atoms. The van der Waals surface area contributed by atoms with E-state index in [0.717, 1.165) is 11.3 Å². The van der Waals surface area contributed by atoms with E-state index in [9.17, 15) is 4.79 Å². The van der Waals surface area contributed by atoms with Crippen molar-refractivity contribution in [1.29, 1.82) is 0 Å². The molecule has 5 heteroatoms. The van der Waals surface area contributed by atoms with Gasteiger partial charge in [-0.1, -0.05) is 66.7 Å². The van der Waals surface area contributed by atoms with E-state index in [0.29, 0.717) is 15.9 Å². The van der Waals surface area contributed by atoms with E-state index in [1.165, 1.54) is 11.8 Å². The smallest absolute Gasteiger partial charge is 0.268 e. The quantitative estimate of drug-likeness (QED) is 0.563. The van der Waals surface area contributed by atoms with E-state index in [4.69, 9.17) is 0 Å². The molecule has 1 aliphatic heterocycles. The van der Waals surface area contributed by atoms with Crippen LogP contribution in [-0.4, -0.2) is 16.1 Å². The van der Waals surface area contributed by atoms with Crippen LogP contribution in [0, 0.1) is 0 Å². The molecule has 1 saturated heterocycles. The molecule has 0 unspecified atom stereocenters. The summed E-state index contributed by atoms with van der Waals surface area (Å²) in [7, 11) is 0. The highest BCUT2D eigenvalue weighted by Gasteiger charge is 2.34. The maximum Gasteiger partial charge on any atom is 0.271 e. The first-order valence-electron chi connectivity index (χ1n) is 8.82. The second-order valence-corrected chi connectivity index (χ2v) is 6.97. The molecule has 0 bridgehead atoms. The molecule has 4 nitrogen and oxygen atoms in total. The minimum atomic E-state index is -0.0939. The van der Waals surface area contributed by atoms with Crippen LogP contribution in [0.15, 0.2) is 107 Å². The maximum absolute atomic E-state index is 13.1. The second-order valence-electron chi connectivity index (χ2n) is 5.96. The molecular formula is C23H17N3OS. The van der Waals surface area contributed by atoms with Crippen molar-refractivity contribution in [2.24, 2.45) is 4.99 Å². The molecule has 0 radical (unpaired) electrons. The molecule has 1 aromatic heterocycles. The summed E-state index contributed by atoms with van der Waals surface area (Å²) in [4.78, 5) is 24.1. The summed E-state index contributed by atoms with van der Waals surface area (Å²) in [6.07, 6.45) is 7.38. The second kappa shape index (κ2) is 8.50. The van der Waals surface area contributed by atoms with Gasteiger partial charge in [0.25, 0.3) is 5.91 Å². The lowest BCUT2D eigenvalue weighted by Gasteiger charge is -2.15. The molecule has 1 amide bonds. The molecule has 0 saturated carbocycles. The SMILES string of the molecule is O=C1/C(=C/C=C/c2ccccc2)S/C(=N/c2ccccn2)N1c1ccccc1. The number of hydrogen-bond acceptors (Lipinski definition) is 4. The van der Waals surface area contributed by atoms with Crippen LogP contribution in [0.5, 0.6) is 0 Å². The van der Waals surface area contributed by atoms with Gasteiger partial charge in [-0.15, -0.1) is 0 Å². The molecule has 2 heterocycles. The highest BCUT2D eigenvalue weighted by atomic mass is 32.2. The van der Waals surface area contributed by atoms with Gasteiger partial charge >= 0.3 is 0 Å². The summed E-state index contributed by atoms with van der Waals surface area (Å²) < 4.78 is 0. The minimum absolute atomic E-state index is 0.0939. The number of para-hydroxylation sites is 1. The van der Waals surface area contributed by atoms with Crippen LogP contribution in [0.1, 0.15) is 5.56 Å². The molecule has 1 fully saturated rings. The van der Waals surface area contributed by atoms with Crippen LogP contribution >= 0.6 is 11.8 Å². The van der Waals surface area contributed by atoms with Crippen molar-refractivity contribution < 1.29 is 4.79 Å². The fraction of sp³-hybridized carbons (Fsp3) is 0. The molecule has 0 N–H and O–H groups in total. The van der Waals surface area contributed by atoms with Crippen molar-refractivity contribution in [3.8, 4) is 0 Å². The predicted octanol–water partition coefficient (Wildman–Crippen LogP) is 5.45. The van der Waals surface area contributed by atoms with E-state index in [1.54, 1.807) is 11.1 Å². The van der Waals surface area contributed by atoms with Crippen LogP contribution in [0.3, 0.4) is 0 Å². The maximum atomic E-state index is 13.1. The third-order valence-corrected chi connectivity index (χ3v) is 5.00. The van der Waals surface area contributed by atoms with Crippen LogP contribution in [0.2, 0.25) is 0 Å². The Bertz CT molecular complexity index is 1040. The number of benzene rings is 2. The summed E-state index contributed by atoms with van der Waals surface area (Å²) in [6.45, 7) is 0. The third kappa shape index (κ3) is 4.10. The summed E-state index contributed by atoms with van der Waals surface area (Å²) in [5.74, 6) is 0.475. The number of carbonyl (C=O) groups is 1. The first-order valence-corrected chi connectivity index (χ1v) is 9.63. The number of carbonyl (C=O) groups excluding carboxylic acids is 1. The highest BCUT2D eigenvalue weighted by Crippen LogP contribution is 2.35. The summed E-state index contributed by atoms with van der Waals surface area (Å²) in [5.41, 5.74) is 1.86. The zero-order valence-corrected chi connectivity index (χ0v) is 15.8. The largest absolute Gasteiger partial charge is 0.271 e. The van der Waals surface area contributed by atoms with Crippen LogP contribution in [0.25, 0.3) is 6.08 Å². The van der Waals surface area contributed by atoms with Crippen molar-refractivity contribution in [2.45, 2.75) is 0 Å². The number of rotatable bonds is 4. The number of aliphatic imine (C=N–C) groups is 1. The average Bonchev–Trinajstić information content (AvgIpc) is 3.05. The number of hydrogen-bond donors (Lipinski definition) is 0. The van der Waals surface area contributed by atoms with Gasteiger partial charge in [-0.3, -0.25) is 9.69 Å². The van der Waals surface area contributed by atoms with E-state index in [2.05, 4.69) is 9.98 Å². The standard InChI is InChI=1S/C23H17N3OS/c27-22-20(15-9-12-18-10-3-1-4-11-18)28-23(25-21-16-7-8-17-24-21)26(22)19-13-5-2-6-14-19/h1-17H/b12-9+,20-15-,25-23+. The number of nitrogens with zero attached hydrogens (tertiary/aromatic N) is 3. The Balaban J connectivity index is 1.67. The summed E-state index contributed by atoms with van der Waals surface area (Å²) >= 11 is 1.35. The van der Waals surface area contributed by atoms with Gasteiger partial charge in [0.05, 0.1) is 10.6 Å². The van der Waals surface area contributed by atoms with E-state index < -0.39 is 0 Å². The van der Waals surface area contributed by atoms with E-state index >= 15 is 0 Å². The fourth-order valence-electron chi connectivity index (χ4n) is 2.70. The van der Waals surface area contributed by atoms with Crippen molar-refractivity contribution in [3.05, 3.63) is 108 Å². The Hall–Kier alpha value is -3.44. The molecule has 0 aliphatic carbocycles. The van der Waals surface area contributed by atoms with E-state index in [1.807, 2.05) is 97.1 Å². The highest BCUT2D eigenvalue weighted by molar-refractivity contribution is 8.19. The van der Waals surface area contributed by atoms with Gasteiger partial charge in [0.1, 0.15) is 0 Å². The van der Waals surface area contributed by atoms with Gasteiger partial charge in [-0.2, -0.15) is 0 Å². The first-order chi connectivity index (χ1) is 13.8. The topological polar surface area (TPSA) is 45.6 Å². The Morgan fingerprint density at radius 1 is 0.893 bits per heavy atom. The molecule has 2 aromatic carbocycles. The molecule has 4 rings (SSSR count). The lowest BCUT2D eigenvalue weighted by molar-refractivity contribution is -0.113. The number of amidine groups is 1. The Labute approximate surface area is 168 Å². The van der Waals surface area contributed by atoms with Gasteiger partial charge in [0.2, 0.25) is 0 Å². The van der Waals surface area contributed by atoms with Gasteiger partial charge in [0.15, 0.2) is 11.0 Å². The number of allylic oxidation sites excluding steroid dienone is 2. The molecule has 28 heavy (non-hydrogen) atoms. The number of amides is 1. The Morgan fingerprint density at radius 3 is 2.32 bits per heavy atom. The lowest BCUT2D eigenvalue weighted by atomic mass is 10.2. The number of anilines is 1. The normalized spacial score (nSPS) is 17.1. The summed E-state index contributed by atoms with van der Waals surface area (Å²) in [5, 5.41) is 0.592. The Kier molecular flexibility index (Phi) is 5.45. The third-order valence-electron chi connectivity index (χ3n) is 4.02. The number of aromatic nitrogens is 1. The molecule has 3 aromatic rings. The summed E-state index contributed by atoms with van der Waals surface area (Å²) in [6, 6.07) is 25.0. The van der Waals surface area contributed by atoms with Crippen LogP contribution in [0.4, 0.5) is 11.5 Å². The van der Waals surface area contributed by atoms with Crippen molar-refractivity contribution >= 4 is 40.4 Å². The van der Waals surface area contributed by atoms with E-state index in [-0.39, 0.29) is 5.91 Å². The monoisotopic (exact) mass is 383 g/mol. The first kappa shape index (κ1) is 17.9. The molecule has 1 aliphatic rings. The fourth-order valence-corrected chi connectivity index (χ4v) is 3.64. The average molecular weight is 383 g/mol. The zero-order valence-electron chi connectivity index (χ0n) is 15.0. The van der Waals surface area contributed by atoms with Gasteiger partial charge < -0.3 is 0 Å². The number of pyridine rings is 1. The van der Waals surface area contributed by atoms with Gasteiger partial charge in [0, 0.05) is 6.20 Å². The minimum Gasteiger partial charge on any atom is -0.268 e. The van der Waals surface area contributed by atoms with Crippen molar-refractivity contribution in [2.75, 3.05) is 4.90 Å². The number of thioether (sulfide) groups is 1. The van der Waals surface area contributed by atoms with Gasteiger partial charge in [-0.25, -0.2) is 9.98 Å². The van der Waals surface area contributed by atoms with Crippen molar-refractivity contribution in [3.63, 3.8) is 0 Å². The molecule has 0 atom stereocenters. The molecule has 136 valence electrons. The molecular weight excluding hydrogens is 366 g/mol. The Morgan fingerprint density at radius 2 is 1.61 bits per heavy atom. The zero-order chi connectivity index (χ0) is 19.2. The predicted molar refractivity (Wildman–Crippen MR) is 116 cm³/mol. The van der Waals surface area contributed by atoms with Crippen molar-refractivity contribution in [1.82, 2.24) is 4.98 Å². The van der Waals surface area contributed by atoms with Crippen LogP contribution < -0.4 is 4.90 Å². The van der Waals surface area contributed by atoms with Gasteiger partial charge in [-0.05, 0) is 47.7 Å². The lowest BCUT2D eigenvalue weighted by Crippen LogP contribution is -2.28.